The van der Waals surface area contributed by atoms with Crippen molar-refractivity contribution in [3.8, 4) is 0 Å². The van der Waals surface area contributed by atoms with Gasteiger partial charge in [-0.15, -0.1) is 0 Å². The number of hydrogen-bond acceptors (Lipinski definition) is 3. The van der Waals surface area contributed by atoms with E-state index in [2.05, 4.69) is 10.6 Å². The molecule has 5 heteroatoms. The van der Waals surface area contributed by atoms with Crippen molar-refractivity contribution < 1.29 is 14.6 Å². The molecule has 69 valence electrons. The van der Waals surface area contributed by atoms with E-state index in [1.165, 1.54) is 0 Å². The fraction of sp³-hybridized carbons (Fsp3) is 0.857. The molecule has 0 aliphatic carbocycles. The Kier molecular flexibility index (Phi) is 3.46. The summed E-state index contributed by atoms with van der Waals surface area (Å²) in [5, 5.41) is 15.6. The number of piperazine rings is 1. The highest BCUT2D eigenvalue weighted by atomic mass is 16.5. The quantitative estimate of drug-likeness (QED) is 0.574. The standard InChI is InChI=1S/C7H13N2O3/c1-2-12-6-5(7(10)11)8-3-4-9-6/h5-6,9H,2-4H2,1H3,(H,10,11). The van der Waals surface area contributed by atoms with E-state index in [-0.39, 0.29) is 0 Å². The van der Waals surface area contributed by atoms with Gasteiger partial charge in [-0.05, 0) is 6.92 Å². The lowest BCUT2D eigenvalue weighted by Crippen LogP contribution is -2.57. The molecule has 0 aromatic rings. The highest BCUT2D eigenvalue weighted by Gasteiger charge is 2.31. The molecule has 1 aliphatic heterocycles. The number of carboxylic acids is 1. The van der Waals surface area contributed by atoms with Gasteiger partial charge in [-0.1, -0.05) is 0 Å². The monoisotopic (exact) mass is 173 g/mol. The SMILES string of the molecule is CCOC1NCC[N]C1C(=O)O. The lowest BCUT2D eigenvalue weighted by molar-refractivity contribution is -0.146. The Morgan fingerprint density at radius 3 is 3.17 bits per heavy atom. The maximum Gasteiger partial charge on any atom is 0.326 e. The highest BCUT2D eigenvalue weighted by molar-refractivity contribution is 5.74. The van der Waals surface area contributed by atoms with Crippen molar-refractivity contribution >= 4 is 5.97 Å². The highest BCUT2D eigenvalue weighted by Crippen LogP contribution is 2.01. The molecule has 0 aromatic carbocycles. The second kappa shape index (κ2) is 4.39. The van der Waals surface area contributed by atoms with Crippen molar-refractivity contribution in [2.75, 3.05) is 19.7 Å². The molecule has 2 unspecified atom stereocenters. The summed E-state index contributed by atoms with van der Waals surface area (Å²) < 4.78 is 5.17. The smallest absolute Gasteiger partial charge is 0.326 e. The van der Waals surface area contributed by atoms with Crippen molar-refractivity contribution in [3.05, 3.63) is 0 Å². The van der Waals surface area contributed by atoms with Gasteiger partial charge < -0.3 is 9.84 Å². The van der Waals surface area contributed by atoms with Gasteiger partial charge in [0, 0.05) is 19.7 Å². The van der Waals surface area contributed by atoms with Gasteiger partial charge in [-0.25, -0.2) is 5.32 Å². The molecule has 12 heavy (non-hydrogen) atoms. The van der Waals surface area contributed by atoms with Crippen LogP contribution in [0.5, 0.6) is 0 Å². The van der Waals surface area contributed by atoms with E-state index in [9.17, 15) is 4.79 Å². The molecule has 1 fully saturated rings. The van der Waals surface area contributed by atoms with Crippen molar-refractivity contribution in [1.82, 2.24) is 10.6 Å². The maximum atomic E-state index is 10.6. The molecule has 0 saturated carbocycles. The second-order valence-electron chi connectivity index (χ2n) is 2.52. The number of rotatable bonds is 3. The van der Waals surface area contributed by atoms with Crippen LogP contribution in [0, 0.1) is 0 Å². The molecule has 0 amide bonds. The van der Waals surface area contributed by atoms with E-state index in [0.29, 0.717) is 19.7 Å². The Balaban J connectivity index is 2.48. The number of nitrogens with zero attached hydrogens (tertiary/aromatic N) is 1. The van der Waals surface area contributed by atoms with Crippen LogP contribution < -0.4 is 10.6 Å². The van der Waals surface area contributed by atoms with E-state index in [1.54, 1.807) is 0 Å². The number of hydrogen-bond donors (Lipinski definition) is 2. The van der Waals surface area contributed by atoms with Crippen LogP contribution in [0.15, 0.2) is 0 Å². The van der Waals surface area contributed by atoms with Gasteiger partial charge >= 0.3 is 5.97 Å². The summed E-state index contributed by atoms with van der Waals surface area (Å²) >= 11 is 0. The number of nitrogens with one attached hydrogen (secondary N) is 1. The number of aliphatic carboxylic acids is 1. The van der Waals surface area contributed by atoms with E-state index in [4.69, 9.17) is 9.84 Å². The first-order valence-electron chi connectivity index (χ1n) is 4.00. The zero-order valence-electron chi connectivity index (χ0n) is 6.99. The van der Waals surface area contributed by atoms with E-state index in [0.717, 1.165) is 0 Å². The summed E-state index contributed by atoms with van der Waals surface area (Å²) in [7, 11) is 0. The Hall–Kier alpha value is -0.650. The third-order valence-electron chi connectivity index (χ3n) is 1.67. The first kappa shape index (κ1) is 9.44. The summed E-state index contributed by atoms with van der Waals surface area (Å²) in [5.41, 5.74) is 0. The first-order valence-corrected chi connectivity index (χ1v) is 4.00. The van der Waals surface area contributed by atoms with Gasteiger partial charge in [0.2, 0.25) is 0 Å². The van der Waals surface area contributed by atoms with Crippen LogP contribution in [0.2, 0.25) is 0 Å². The minimum absolute atomic E-state index is 0.457. The van der Waals surface area contributed by atoms with Crippen LogP contribution in [0.3, 0.4) is 0 Å². The summed E-state index contributed by atoms with van der Waals surface area (Å²) in [5.74, 6) is -0.930. The van der Waals surface area contributed by atoms with Crippen molar-refractivity contribution in [2.24, 2.45) is 0 Å². The van der Waals surface area contributed by atoms with Crippen LogP contribution in [0.4, 0.5) is 0 Å². The van der Waals surface area contributed by atoms with Crippen molar-refractivity contribution in [2.45, 2.75) is 19.2 Å². The van der Waals surface area contributed by atoms with E-state index < -0.39 is 18.2 Å². The molecule has 1 aliphatic rings. The Morgan fingerprint density at radius 1 is 1.83 bits per heavy atom. The van der Waals surface area contributed by atoms with Crippen LogP contribution >= 0.6 is 0 Å². The van der Waals surface area contributed by atoms with Gasteiger partial charge in [0.15, 0.2) is 6.04 Å². The fourth-order valence-corrected chi connectivity index (χ4v) is 1.16. The third-order valence-corrected chi connectivity index (χ3v) is 1.67. The average molecular weight is 173 g/mol. The molecular weight excluding hydrogens is 160 g/mol. The minimum atomic E-state index is -0.930. The molecule has 1 saturated heterocycles. The fourth-order valence-electron chi connectivity index (χ4n) is 1.16. The molecule has 5 nitrogen and oxygen atoms in total. The second-order valence-corrected chi connectivity index (χ2v) is 2.52. The average Bonchev–Trinajstić information content (AvgIpc) is 2.05. The molecular formula is C7H13N2O3. The number of carbonyl (C=O) groups is 1. The topological polar surface area (TPSA) is 72.7 Å². The molecule has 2 atom stereocenters. The van der Waals surface area contributed by atoms with Gasteiger partial charge in [0.05, 0.1) is 0 Å². The molecule has 1 rings (SSSR count). The predicted molar refractivity (Wildman–Crippen MR) is 41.8 cm³/mol. The minimum Gasteiger partial charge on any atom is -0.480 e. The molecule has 0 aromatic heterocycles. The molecule has 2 N–H and O–H groups in total. The summed E-state index contributed by atoms with van der Waals surface area (Å²) in [6.07, 6.45) is -0.457. The molecule has 0 spiro atoms. The zero-order chi connectivity index (χ0) is 8.97. The van der Waals surface area contributed by atoms with E-state index in [1.807, 2.05) is 6.92 Å². The number of ether oxygens (including phenoxy) is 1. The lowest BCUT2D eigenvalue weighted by Gasteiger charge is -2.28. The molecule has 1 heterocycles. The van der Waals surface area contributed by atoms with E-state index >= 15 is 0 Å². The van der Waals surface area contributed by atoms with Crippen LogP contribution in [0.1, 0.15) is 6.92 Å². The Morgan fingerprint density at radius 2 is 2.58 bits per heavy atom. The first-order chi connectivity index (χ1) is 5.75. The zero-order valence-corrected chi connectivity index (χ0v) is 6.99. The van der Waals surface area contributed by atoms with Crippen LogP contribution in [-0.4, -0.2) is 43.0 Å². The Labute approximate surface area is 71.1 Å². The number of carboxylic acid groups (broad SMARTS) is 1. The maximum absolute atomic E-state index is 10.6. The lowest BCUT2D eigenvalue weighted by atomic mass is 10.2. The van der Waals surface area contributed by atoms with Gasteiger partial charge in [-0.2, -0.15) is 0 Å². The van der Waals surface area contributed by atoms with Crippen LogP contribution in [0.25, 0.3) is 0 Å². The molecule has 1 radical (unpaired) electrons. The largest absolute Gasteiger partial charge is 0.480 e. The summed E-state index contributed by atoms with van der Waals surface area (Å²) in [6, 6.07) is -0.751. The van der Waals surface area contributed by atoms with Crippen LogP contribution in [-0.2, 0) is 9.53 Å². The third kappa shape index (κ3) is 2.17. The van der Waals surface area contributed by atoms with Crippen molar-refractivity contribution in [3.63, 3.8) is 0 Å². The van der Waals surface area contributed by atoms with Gasteiger partial charge in [-0.3, -0.25) is 10.1 Å². The predicted octanol–water partition coefficient (Wildman–Crippen LogP) is -0.990. The Bertz CT molecular complexity index is 161. The summed E-state index contributed by atoms with van der Waals surface area (Å²) in [6.45, 7) is 3.56. The summed E-state index contributed by atoms with van der Waals surface area (Å²) in [4.78, 5) is 10.6. The molecule has 0 bridgehead atoms. The van der Waals surface area contributed by atoms with Crippen molar-refractivity contribution in [1.29, 1.82) is 0 Å². The normalized spacial score (nSPS) is 30.1. The van der Waals surface area contributed by atoms with Gasteiger partial charge in [0.1, 0.15) is 6.23 Å². The van der Waals surface area contributed by atoms with Gasteiger partial charge in [0.25, 0.3) is 0 Å².